The molecule has 2 amide bonds. The zero-order chi connectivity index (χ0) is 25.4. The van der Waals surface area contributed by atoms with E-state index in [1.54, 1.807) is 37.3 Å². The number of amides is 2. The third-order valence-corrected chi connectivity index (χ3v) is 6.42. The number of carbonyl (C=O) groups is 3. The Morgan fingerprint density at radius 1 is 1.11 bits per heavy atom. The number of carbonyl (C=O) groups excluding carboxylic acids is 2. The van der Waals surface area contributed by atoms with Crippen molar-refractivity contribution in [2.45, 2.75) is 32.4 Å². The Bertz CT molecular complexity index is 1510. The highest BCUT2D eigenvalue weighted by molar-refractivity contribution is 5.98. The lowest BCUT2D eigenvalue weighted by molar-refractivity contribution is 0.0695. The quantitative estimate of drug-likeness (QED) is 0.384. The van der Waals surface area contributed by atoms with E-state index in [1.807, 2.05) is 0 Å². The molecule has 5 rings (SSSR count). The van der Waals surface area contributed by atoms with Gasteiger partial charge < -0.3 is 15.7 Å². The number of hydrogen-bond acceptors (Lipinski definition) is 5. The fourth-order valence-electron chi connectivity index (χ4n) is 4.56. The number of halogens is 1. The number of fused-ring (bicyclic) bond motifs is 2. The van der Waals surface area contributed by atoms with Gasteiger partial charge in [-0.2, -0.15) is 5.10 Å². The minimum absolute atomic E-state index is 0.0454. The molecule has 2 aromatic carbocycles. The summed E-state index contributed by atoms with van der Waals surface area (Å²) in [5.41, 5.74) is 4.01. The van der Waals surface area contributed by atoms with Gasteiger partial charge in [-0.05, 0) is 60.2 Å². The number of rotatable bonds is 6. The molecule has 182 valence electrons. The van der Waals surface area contributed by atoms with Gasteiger partial charge in [-0.15, -0.1) is 0 Å². The minimum Gasteiger partial charge on any atom is -0.478 e. The number of carboxylic acid groups (broad SMARTS) is 1. The summed E-state index contributed by atoms with van der Waals surface area (Å²) in [7, 11) is 0. The molecule has 0 unspecified atom stereocenters. The van der Waals surface area contributed by atoms with E-state index in [1.165, 1.54) is 28.9 Å². The number of benzene rings is 2. The summed E-state index contributed by atoms with van der Waals surface area (Å²) < 4.78 is 14.5. The van der Waals surface area contributed by atoms with Crippen LogP contribution in [-0.2, 0) is 13.0 Å². The summed E-state index contributed by atoms with van der Waals surface area (Å²) in [6, 6.07) is 11.7. The summed E-state index contributed by atoms with van der Waals surface area (Å²) in [6.07, 6.45) is 2.77. The van der Waals surface area contributed by atoms with Crippen LogP contribution < -0.4 is 10.6 Å². The molecule has 9 nitrogen and oxygen atoms in total. The van der Waals surface area contributed by atoms with E-state index >= 15 is 0 Å². The van der Waals surface area contributed by atoms with E-state index in [0.29, 0.717) is 24.1 Å². The fraction of sp³-hybridized carbons (Fsp3) is 0.192. The van der Waals surface area contributed by atoms with Gasteiger partial charge in [-0.25, -0.2) is 18.7 Å². The Balaban J connectivity index is 1.38. The Labute approximate surface area is 205 Å². The first kappa shape index (κ1) is 23.2. The average molecular weight is 487 g/mol. The molecule has 0 fully saturated rings. The van der Waals surface area contributed by atoms with Crippen molar-refractivity contribution in [1.29, 1.82) is 0 Å². The molecular weight excluding hydrogens is 465 g/mol. The van der Waals surface area contributed by atoms with Crippen LogP contribution in [0.25, 0.3) is 5.65 Å². The van der Waals surface area contributed by atoms with Gasteiger partial charge in [0.2, 0.25) is 0 Å². The summed E-state index contributed by atoms with van der Waals surface area (Å²) in [6.45, 7) is 1.95. The molecule has 36 heavy (non-hydrogen) atoms. The molecule has 1 atom stereocenters. The number of nitrogens with zero attached hydrogens (tertiary/aromatic N) is 3. The first-order valence-electron chi connectivity index (χ1n) is 11.4. The zero-order valence-electron chi connectivity index (χ0n) is 19.3. The first-order valence-corrected chi connectivity index (χ1v) is 11.4. The summed E-state index contributed by atoms with van der Waals surface area (Å²) in [5, 5.41) is 19.3. The van der Waals surface area contributed by atoms with Gasteiger partial charge in [-0.1, -0.05) is 18.2 Å². The van der Waals surface area contributed by atoms with Gasteiger partial charge in [0, 0.05) is 18.7 Å². The van der Waals surface area contributed by atoms with Crippen LogP contribution in [0.15, 0.2) is 54.7 Å². The Morgan fingerprint density at radius 3 is 2.64 bits per heavy atom. The smallest absolute Gasteiger partial charge is 0.335 e. The molecule has 0 aliphatic heterocycles. The zero-order valence-corrected chi connectivity index (χ0v) is 19.3. The highest BCUT2D eigenvalue weighted by Crippen LogP contribution is 2.34. The van der Waals surface area contributed by atoms with E-state index in [-0.39, 0.29) is 35.4 Å². The topological polar surface area (TPSA) is 126 Å². The second-order valence-electron chi connectivity index (χ2n) is 8.61. The van der Waals surface area contributed by atoms with Crippen molar-refractivity contribution >= 4 is 23.4 Å². The lowest BCUT2D eigenvalue weighted by Gasteiger charge is -2.16. The van der Waals surface area contributed by atoms with Crippen LogP contribution >= 0.6 is 0 Å². The molecule has 1 aliphatic rings. The van der Waals surface area contributed by atoms with Crippen molar-refractivity contribution in [3.8, 4) is 0 Å². The van der Waals surface area contributed by atoms with Crippen LogP contribution in [0.5, 0.6) is 0 Å². The second-order valence-corrected chi connectivity index (χ2v) is 8.61. The van der Waals surface area contributed by atoms with Crippen LogP contribution in [-0.4, -0.2) is 37.5 Å². The molecule has 0 saturated heterocycles. The van der Waals surface area contributed by atoms with Crippen LogP contribution in [0.4, 0.5) is 4.39 Å². The Kier molecular flexibility index (Phi) is 5.93. The van der Waals surface area contributed by atoms with Crippen molar-refractivity contribution < 1.29 is 23.9 Å². The standard InChI is InChI=1S/C26H22FN5O4/c1-14-17-8-9-20(19(17)7-6-18(14)26(35)36)31-25(34)22-12-21(30-23-10-11-29-32(22)23)24(33)28-13-15-2-4-16(27)5-3-15/h2-7,10-12,20H,8-9,13H2,1H3,(H,28,33)(H,31,34)(H,35,36)/t20-/m0/s1. The van der Waals surface area contributed by atoms with E-state index < -0.39 is 17.8 Å². The predicted molar refractivity (Wildman–Crippen MR) is 127 cm³/mol. The average Bonchev–Trinajstić information content (AvgIpc) is 3.50. The van der Waals surface area contributed by atoms with E-state index in [9.17, 15) is 23.9 Å². The number of aromatic carboxylic acids is 1. The molecule has 2 heterocycles. The van der Waals surface area contributed by atoms with Crippen molar-refractivity contribution in [3.63, 3.8) is 0 Å². The third-order valence-electron chi connectivity index (χ3n) is 6.42. The van der Waals surface area contributed by atoms with Crippen LogP contribution in [0, 0.1) is 12.7 Å². The number of carboxylic acids is 1. The molecule has 0 saturated carbocycles. The van der Waals surface area contributed by atoms with Gasteiger partial charge in [0.25, 0.3) is 11.8 Å². The fourth-order valence-corrected chi connectivity index (χ4v) is 4.56. The first-order chi connectivity index (χ1) is 17.3. The largest absolute Gasteiger partial charge is 0.478 e. The highest BCUT2D eigenvalue weighted by atomic mass is 19.1. The van der Waals surface area contributed by atoms with Gasteiger partial charge in [0.1, 0.15) is 17.2 Å². The maximum absolute atomic E-state index is 13.3. The van der Waals surface area contributed by atoms with Gasteiger partial charge >= 0.3 is 5.97 Å². The van der Waals surface area contributed by atoms with E-state index in [2.05, 4.69) is 20.7 Å². The van der Waals surface area contributed by atoms with Crippen molar-refractivity contribution in [1.82, 2.24) is 25.2 Å². The molecule has 10 heteroatoms. The number of nitrogens with one attached hydrogen (secondary N) is 2. The molecule has 4 aromatic rings. The van der Waals surface area contributed by atoms with Gasteiger partial charge in [-0.3, -0.25) is 9.59 Å². The van der Waals surface area contributed by atoms with Gasteiger partial charge in [0.15, 0.2) is 5.65 Å². The van der Waals surface area contributed by atoms with Crippen LogP contribution in [0.2, 0.25) is 0 Å². The number of hydrogen-bond donors (Lipinski definition) is 3. The van der Waals surface area contributed by atoms with E-state index in [4.69, 9.17) is 0 Å². The lowest BCUT2D eigenvalue weighted by Crippen LogP contribution is -2.30. The normalized spacial score (nSPS) is 14.4. The molecule has 2 aromatic heterocycles. The van der Waals surface area contributed by atoms with Crippen molar-refractivity contribution in [3.05, 3.63) is 99.8 Å². The maximum Gasteiger partial charge on any atom is 0.335 e. The Morgan fingerprint density at radius 2 is 1.89 bits per heavy atom. The molecule has 0 spiro atoms. The molecule has 0 radical (unpaired) electrons. The Hall–Kier alpha value is -4.60. The summed E-state index contributed by atoms with van der Waals surface area (Å²) >= 11 is 0. The SMILES string of the molecule is Cc1c(C(=O)O)ccc2c1CC[C@@H]2NC(=O)c1cc(C(=O)NCc2ccc(F)cc2)nc2ccnn12. The van der Waals surface area contributed by atoms with Crippen LogP contribution in [0.1, 0.15) is 66.1 Å². The lowest BCUT2D eigenvalue weighted by atomic mass is 9.98. The highest BCUT2D eigenvalue weighted by Gasteiger charge is 2.28. The second kappa shape index (κ2) is 9.21. The molecule has 3 N–H and O–H groups in total. The molecule has 0 bridgehead atoms. The van der Waals surface area contributed by atoms with Gasteiger partial charge in [0.05, 0.1) is 17.8 Å². The third kappa shape index (κ3) is 4.28. The molecular formula is C26H22FN5O4. The van der Waals surface area contributed by atoms with Crippen molar-refractivity contribution in [2.75, 3.05) is 0 Å². The van der Waals surface area contributed by atoms with E-state index in [0.717, 1.165) is 16.7 Å². The minimum atomic E-state index is -0.981. The summed E-state index contributed by atoms with van der Waals surface area (Å²) in [4.78, 5) is 41.9. The predicted octanol–water partition coefficient (Wildman–Crippen LogP) is 3.22. The maximum atomic E-state index is 13.3. The number of aromatic nitrogens is 3. The summed E-state index contributed by atoms with van der Waals surface area (Å²) in [5.74, 6) is -2.27. The van der Waals surface area contributed by atoms with Crippen LogP contribution in [0.3, 0.4) is 0 Å². The monoisotopic (exact) mass is 487 g/mol. The van der Waals surface area contributed by atoms with Crippen molar-refractivity contribution in [2.24, 2.45) is 0 Å². The molecule has 1 aliphatic carbocycles.